The van der Waals surface area contributed by atoms with Crippen molar-refractivity contribution in [2.24, 2.45) is 5.92 Å². The average Bonchev–Trinajstić information content (AvgIpc) is 3.38. The minimum absolute atomic E-state index is 0.152. The van der Waals surface area contributed by atoms with Crippen LogP contribution in [0.4, 0.5) is 16.2 Å². The maximum atomic E-state index is 12.3. The quantitative estimate of drug-likeness (QED) is 0.817. The first-order valence-corrected chi connectivity index (χ1v) is 9.92. The number of benzene rings is 1. The molecule has 2 fully saturated rings. The Morgan fingerprint density at radius 2 is 1.83 bits per heavy atom. The summed E-state index contributed by atoms with van der Waals surface area (Å²) in [6, 6.07) is 7.29. The van der Waals surface area contributed by atoms with Gasteiger partial charge in [0.05, 0.1) is 17.1 Å². The van der Waals surface area contributed by atoms with Crippen LogP contribution in [0.25, 0.3) is 0 Å². The van der Waals surface area contributed by atoms with Gasteiger partial charge in [-0.3, -0.25) is 4.72 Å². The van der Waals surface area contributed by atoms with E-state index in [2.05, 4.69) is 4.72 Å². The van der Waals surface area contributed by atoms with Gasteiger partial charge in [0.1, 0.15) is 0 Å². The Labute approximate surface area is 142 Å². The molecule has 8 heteroatoms. The number of sulfonamides is 1. The number of nitrogens with one attached hydrogen (secondary N) is 1. The second-order valence-electron chi connectivity index (χ2n) is 6.43. The molecule has 3 rings (SSSR count). The van der Waals surface area contributed by atoms with Crippen LogP contribution >= 0.6 is 0 Å². The number of anilines is 2. The fourth-order valence-corrected chi connectivity index (χ4v) is 4.17. The van der Waals surface area contributed by atoms with E-state index >= 15 is 0 Å². The molecule has 1 saturated carbocycles. The summed E-state index contributed by atoms with van der Waals surface area (Å²) in [6.45, 7) is 1.93. The molecule has 1 saturated heterocycles. The summed E-state index contributed by atoms with van der Waals surface area (Å²) in [5, 5.41) is 9.03. The molecule has 1 aliphatic carbocycles. The fraction of sp³-hybridized carbons (Fsp3) is 0.562. The van der Waals surface area contributed by atoms with E-state index in [9.17, 15) is 13.2 Å². The highest BCUT2D eigenvalue weighted by molar-refractivity contribution is 7.92. The Hall–Kier alpha value is -1.96. The molecular formula is C16H23N3O4S. The predicted molar refractivity (Wildman–Crippen MR) is 93.0 cm³/mol. The number of carbonyl (C=O) groups is 1. The van der Waals surface area contributed by atoms with E-state index in [4.69, 9.17) is 5.11 Å². The van der Waals surface area contributed by atoms with E-state index in [-0.39, 0.29) is 5.75 Å². The molecule has 132 valence electrons. The lowest BCUT2D eigenvalue weighted by Gasteiger charge is -2.35. The van der Waals surface area contributed by atoms with Gasteiger partial charge in [-0.15, -0.1) is 0 Å². The Kier molecular flexibility index (Phi) is 4.84. The van der Waals surface area contributed by atoms with Gasteiger partial charge < -0.3 is 14.9 Å². The molecular weight excluding hydrogens is 330 g/mol. The van der Waals surface area contributed by atoms with E-state index in [0.717, 1.165) is 24.9 Å². The molecule has 1 amide bonds. The largest absolute Gasteiger partial charge is 0.465 e. The Morgan fingerprint density at radius 1 is 1.17 bits per heavy atom. The van der Waals surface area contributed by atoms with Crippen LogP contribution in [-0.4, -0.2) is 56.4 Å². The van der Waals surface area contributed by atoms with E-state index < -0.39 is 16.1 Å². The van der Waals surface area contributed by atoms with Gasteiger partial charge in [0, 0.05) is 26.2 Å². The Balaban J connectivity index is 1.67. The van der Waals surface area contributed by atoms with Gasteiger partial charge in [-0.2, -0.15) is 0 Å². The zero-order chi connectivity index (χ0) is 17.2. The van der Waals surface area contributed by atoms with Crippen LogP contribution in [0.3, 0.4) is 0 Å². The van der Waals surface area contributed by atoms with Gasteiger partial charge in [0.2, 0.25) is 10.0 Å². The third-order valence-corrected chi connectivity index (χ3v) is 5.86. The van der Waals surface area contributed by atoms with Gasteiger partial charge in [0.15, 0.2) is 0 Å². The number of nitrogens with zero attached hydrogens (tertiary/aromatic N) is 2. The molecule has 0 aromatic heterocycles. The van der Waals surface area contributed by atoms with E-state index in [1.807, 2.05) is 17.0 Å². The molecule has 2 N–H and O–H groups in total. The highest BCUT2D eigenvalue weighted by atomic mass is 32.2. The Bertz CT molecular complexity index is 695. The lowest BCUT2D eigenvalue weighted by atomic mass is 10.2. The zero-order valence-corrected chi connectivity index (χ0v) is 14.3. The van der Waals surface area contributed by atoms with Crippen molar-refractivity contribution in [3.05, 3.63) is 24.3 Å². The first-order valence-electron chi connectivity index (χ1n) is 8.27. The molecule has 1 heterocycles. The molecule has 1 aliphatic heterocycles. The summed E-state index contributed by atoms with van der Waals surface area (Å²) in [5.74, 6) is 0.722. The third kappa shape index (κ3) is 4.31. The minimum Gasteiger partial charge on any atom is -0.465 e. The Morgan fingerprint density at radius 3 is 2.46 bits per heavy atom. The number of piperazine rings is 1. The molecule has 0 spiro atoms. The number of hydrogen-bond donors (Lipinski definition) is 2. The van der Waals surface area contributed by atoms with Crippen molar-refractivity contribution in [1.29, 1.82) is 0 Å². The van der Waals surface area contributed by atoms with Gasteiger partial charge in [0.25, 0.3) is 0 Å². The summed E-state index contributed by atoms with van der Waals surface area (Å²) in [7, 11) is -3.36. The van der Waals surface area contributed by atoms with Gasteiger partial charge in [-0.1, -0.05) is 25.0 Å². The van der Waals surface area contributed by atoms with Crippen molar-refractivity contribution in [1.82, 2.24) is 4.90 Å². The van der Waals surface area contributed by atoms with Crippen LogP contribution in [0.5, 0.6) is 0 Å². The first-order chi connectivity index (χ1) is 11.4. The van der Waals surface area contributed by atoms with Crippen LogP contribution in [-0.2, 0) is 10.0 Å². The molecule has 7 nitrogen and oxygen atoms in total. The van der Waals surface area contributed by atoms with Crippen LogP contribution in [0.1, 0.15) is 19.3 Å². The predicted octanol–water partition coefficient (Wildman–Crippen LogP) is 2.03. The summed E-state index contributed by atoms with van der Waals surface area (Å²) in [4.78, 5) is 14.4. The van der Waals surface area contributed by atoms with Crippen molar-refractivity contribution in [2.45, 2.75) is 19.3 Å². The van der Waals surface area contributed by atoms with Crippen LogP contribution in [0.15, 0.2) is 24.3 Å². The molecule has 2 aliphatic rings. The zero-order valence-electron chi connectivity index (χ0n) is 13.5. The maximum Gasteiger partial charge on any atom is 0.407 e. The van der Waals surface area contributed by atoms with Gasteiger partial charge >= 0.3 is 6.09 Å². The second-order valence-corrected chi connectivity index (χ2v) is 8.27. The molecule has 0 radical (unpaired) electrons. The van der Waals surface area contributed by atoms with Crippen molar-refractivity contribution >= 4 is 27.5 Å². The number of rotatable bonds is 6. The number of para-hydroxylation sites is 2. The summed E-state index contributed by atoms with van der Waals surface area (Å²) in [6.07, 6.45) is 2.08. The number of amides is 1. The SMILES string of the molecule is O=C(O)N1CCN(c2ccccc2NS(=O)(=O)CCC2CC2)CC1. The lowest BCUT2D eigenvalue weighted by molar-refractivity contribution is 0.142. The molecule has 1 aromatic carbocycles. The van der Waals surface area contributed by atoms with Crippen LogP contribution in [0, 0.1) is 5.92 Å². The molecule has 1 aromatic rings. The summed E-state index contributed by atoms with van der Waals surface area (Å²) in [5.41, 5.74) is 1.37. The third-order valence-electron chi connectivity index (χ3n) is 4.55. The van der Waals surface area contributed by atoms with E-state index in [1.165, 1.54) is 4.90 Å². The second kappa shape index (κ2) is 6.88. The highest BCUT2D eigenvalue weighted by Gasteiger charge is 2.25. The van der Waals surface area contributed by atoms with Gasteiger partial charge in [-0.25, -0.2) is 13.2 Å². The van der Waals surface area contributed by atoms with Crippen molar-refractivity contribution < 1.29 is 18.3 Å². The van der Waals surface area contributed by atoms with Crippen molar-refractivity contribution in [3.63, 3.8) is 0 Å². The smallest absolute Gasteiger partial charge is 0.407 e. The lowest BCUT2D eigenvalue weighted by Crippen LogP contribution is -2.48. The maximum absolute atomic E-state index is 12.3. The van der Waals surface area contributed by atoms with Crippen LogP contribution < -0.4 is 9.62 Å². The van der Waals surface area contributed by atoms with Crippen molar-refractivity contribution in [3.8, 4) is 0 Å². The monoisotopic (exact) mass is 353 g/mol. The molecule has 0 atom stereocenters. The van der Waals surface area contributed by atoms with Crippen LogP contribution in [0.2, 0.25) is 0 Å². The molecule has 0 bridgehead atoms. The summed E-state index contributed by atoms with van der Waals surface area (Å²) >= 11 is 0. The van der Waals surface area contributed by atoms with E-state index in [1.54, 1.807) is 12.1 Å². The number of carboxylic acid groups (broad SMARTS) is 1. The topological polar surface area (TPSA) is 89.9 Å². The van der Waals surface area contributed by atoms with E-state index in [0.29, 0.717) is 37.8 Å². The standard InChI is InChI=1S/C16H23N3O4S/c20-16(21)19-10-8-18(9-11-19)15-4-2-1-3-14(15)17-24(22,23)12-7-13-5-6-13/h1-4,13,17H,5-12H2,(H,20,21). The normalized spacial score (nSPS) is 18.5. The number of hydrogen-bond acceptors (Lipinski definition) is 4. The highest BCUT2D eigenvalue weighted by Crippen LogP contribution is 2.33. The molecule has 0 unspecified atom stereocenters. The summed E-state index contributed by atoms with van der Waals surface area (Å²) < 4.78 is 27.3. The first kappa shape index (κ1) is 16.9. The van der Waals surface area contributed by atoms with Gasteiger partial charge in [-0.05, 0) is 24.5 Å². The minimum atomic E-state index is -3.36. The fourth-order valence-electron chi connectivity index (χ4n) is 2.92. The average molecular weight is 353 g/mol. The van der Waals surface area contributed by atoms with Crippen molar-refractivity contribution in [2.75, 3.05) is 41.6 Å². The molecule has 24 heavy (non-hydrogen) atoms.